The van der Waals surface area contributed by atoms with Crippen LogP contribution in [0.15, 0.2) is 36.4 Å². The van der Waals surface area contributed by atoms with Gasteiger partial charge in [-0.2, -0.15) is 0 Å². The molecule has 29 heavy (non-hydrogen) atoms. The van der Waals surface area contributed by atoms with Crippen LogP contribution in [0.2, 0.25) is 0 Å². The molecule has 0 aliphatic carbocycles. The lowest BCUT2D eigenvalue weighted by Gasteiger charge is -2.34. The maximum Gasteiger partial charge on any atom is 0.271 e. The van der Waals surface area contributed by atoms with Crippen molar-refractivity contribution in [1.29, 1.82) is 0 Å². The normalized spacial score (nSPS) is 15.8. The van der Waals surface area contributed by atoms with Crippen molar-refractivity contribution in [2.45, 2.75) is 13.0 Å². The third-order valence-electron chi connectivity index (χ3n) is 4.33. The van der Waals surface area contributed by atoms with Gasteiger partial charge in [-0.15, -0.1) is 0 Å². The average Bonchev–Trinajstić information content (AvgIpc) is 2.66. The molecule has 2 aromatic rings. The number of carbonyl (C=O) groups excluding carboxylic acids is 1. The van der Waals surface area contributed by atoms with E-state index in [4.69, 9.17) is 9.47 Å². The number of amides is 1. The quantitative estimate of drug-likeness (QED) is 0.578. The van der Waals surface area contributed by atoms with Crippen molar-refractivity contribution in [3.63, 3.8) is 0 Å². The molecule has 0 saturated carbocycles. The SMILES string of the molecule is COc1ccc([N+](=O)[O-])cc1NC(=O)C1CN(S(C)(=O)=O)c2cc(C)ccc2O1. The van der Waals surface area contributed by atoms with Crippen molar-refractivity contribution in [3.05, 3.63) is 52.1 Å². The molecule has 1 atom stereocenters. The summed E-state index contributed by atoms with van der Waals surface area (Å²) in [7, 11) is -2.31. The maximum atomic E-state index is 12.8. The van der Waals surface area contributed by atoms with Gasteiger partial charge in [0.15, 0.2) is 6.10 Å². The second-order valence-electron chi connectivity index (χ2n) is 6.50. The molecule has 1 amide bonds. The van der Waals surface area contributed by atoms with Crippen LogP contribution in [0.1, 0.15) is 5.56 Å². The first-order valence-electron chi connectivity index (χ1n) is 8.48. The van der Waals surface area contributed by atoms with Gasteiger partial charge in [0.05, 0.1) is 36.2 Å². The summed E-state index contributed by atoms with van der Waals surface area (Å²) in [6, 6.07) is 8.75. The minimum absolute atomic E-state index is 0.0795. The van der Waals surface area contributed by atoms with E-state index in [0.717, 1.165) is 22.2 Å². The number of hydrogen-bond donors (Lipinski definition) is 1. The van der Waals surface area contributed by atoms with Gasteiger partial charge in [0.25, 0.3) is 11.6 Å². The van der Waals surface area contributed by atoms with Gasteiger partial charge in [0.2, 0.25) is 10.0 Å². The summed E-state index contributed by atoms with van der Waals surface area (Å²) >= 11 is 0. The summed E-state index contributed by atoms with van der Waals surface area (Å²) in [6.07, 6.45) is -0.118. The van der Waals surface area contributed by atoms with E-state index in [1.54, 1.807) is 18.2 Å². The number of anilines is 2. The number of sulfonamides is 1. The van der Waals surface area contributed by atoms with Crippen LogP contribution in [-0.2, 0) is 14.8 Å². The Balaban J connectivity index is 1.92. The van der Waals surface area contributed by atoms with Crippen LogP contribution in [0.4, 0.5) is 17.1 Å². The number of methoxy groups -OCH3 is 1. The Labute approximate surface area is 167 Å². The van der Waals surface area contributed by atoms with Crippen molar-refractivity contribution in [1.82, 2.24) is 0 Å². The number of aryl methyl sites for hydroxylation is 1. The van der Waals surface area contributed by atoms with Crippen LogP contribution >= 0.6 is 0 Å². The van der Waals surface area contributed by atoms with Crippen molar-refractivity contribution >= 4 is 33.0 Å². The smallest absolute Gasteiger partial charge is 0.271 e. The molecule has 1 aliphatic rings. The lowest BCUT2D eigenvalue weighted by molar-refractivity contribution is -0.384. The summed E-state index contributed by atoms with van der Waals surface area (Å²) in [4.78, 5) is 23.2. The van der Waals surface area contributed by atoms with Crippen LogP contribution in [0.25, 0.3) is 0 Å². The highest BCUT2D eigenvalue weighted by Crippen LogP contribution is 2.36. The number of benzene rings is 2. The number of hydrogen-bond acceptors (Lipinski definition) is 7. The number of carbonyl (C=O) groups is 1. The summed E-state index contributed by atoms with van der Waals surface area (Å²) in [5.41, 5.74) is 1.04. The Kier molecular flexibility index (Phi) is 5.33. The third-order valence-corrected chi connectivity index (χ3v) is 5.47. The van der Waals surface area contributed by atoms with Crippen molar-refractivity contribution in [3.8, 4) is 11.5 Å². The van der Waals surface area contributed by atoms with E-state index < -0.39 is 27.0 Å². The van der Waals surface area contributed by atoms with Gasteiger partial charge in [0, 0.05) is 12.1 Å². The molecular weight excluding hydrogens is 402 g/mol. The zero-order valence-electron chi connectivity index (χ0n) is 15.9. The van der Waals surface area contributed by atoms with Gasteiger partial charge >= 0.3 is 0 Å². The number of nitro benzene ring substituents is 1. The minimum Gasteiger partial charge on any atom is -0.495 e. The van der Waals surface area contributed by atoms with Crippen molar-refractivity contribution in [2.24, 2.45) is 0 Å². The number of nitrogens with one attached hydrogen (secondary N) is 1. The highest BCUT2D eigenvalue weighted by Gasteiger charge is 2.35. The molecule has 1 unspecified atom stereocenters. The van der Waals surface area contributed by atoms with E-state index >= 15 is 0 Å². The Hall–Kier alpha value is -3.34. The average molecular weight is 421 g/mol. The molecule has 3 rings (SSSR count). The molecule has 0 saturated heterocycles. The Morgan fingerprint density at radius 3 is 2.66 bits per heavy atom. The van der Waals surface area contributed by atoms with Gasteiger partial charge in [-0.05, 0) is 30.7 Å². The van der Waals surface area contributed by atoms with Gasteiger partial charge in [-0.3, -0.25) is 19.2 Å². The van der Waals surface area contributed by atoms with E-state index in [-0.39, 0.29) is 29.4 Å². The molecule has 154 valence electrons. The van der Waals surface area contributed by atoms with E-state index in [2.05, 4.69) is 5.32 Å². The second kappa shape index (κ2) is 7.59. The number of fused-ring (bicyclic) bond motifs is 1. The van der Waals surface area contributed by atoms with Crippen molar-refractivity contribution in [2.75, 3.05) is 29.5 Å². The first kappa shape index (κ1) is 20.4. The van der Waals surface area contributed by atoms with Gasteiger partial charge < -0.3 is 14.8 Å². The van der Waals surface area contributed by atoms with Gasteiger partial charge in [-0.25, -0.2) is 8.42 Å². The van der Waals surface area contributed by atoms with Gasteiger partial charge in [0.1, 0.15) is 11.5 Å². The molecule has 1 N–H and O–H groups in total. The highest BCUT2D eigenvalue weighted by molar-refractivity contribution is 7.92. The minimum atomic E-state index is -3.67. The standard InChI is InChI=1S/C18H19N3O7S/c1-11-4-6-16-14(8-11)20(29(3,25)26)10-17(28-16)18(22)19-13-9-12(21(23)24)5-7-15(13)27-2/h4-9,17H,10H2,1-3H3,(H,19,22). The first-order valence-corrected chi connectivity index (χ1v) is 10.3. The number of nitro groups is 1. The fraction of sp³-hybridized carbons (Fsp3) is 0.278. The molecule has 11 heteroatoms. The molecule has 1 heterocycles. The van der Waals surface area contributed by atoms with E-state index in [0.29, 0.717) is 5.69 Å². The molecule has 10 nitrogen and oxygen atoms in total. The van der Waals surface area contributed by atoms with Crippen LogP contribution in [-0.4, -0.2) is 45.3 Å². The van der Waals surface area contributed by atoms with E-state index in [1.165, 1.54) is 19.2 Å². The summed E-state index contributed by atoms with van der Waals surface area (Å²) in [6.45, 7) is 1.58. The second-order valence-corrected chi connectivity index (χ2v) is 8.41. The maximum absolute atomic E-state index is 12.8. The van der Waals surface area contributed by atoms with Crippen LogP contribution in [0.5, 0.6) is 11.5 Å². The van der Waals surface area contributed by atoms with Crippen LogP contribution < -0.4 is 19.1 Å². The topological polar surface area (TPSA) is 128 Å². The fourth-order valence-corrected chi connectivity index (χ4v) is 3.84. The largest absolute Gasteiger partial charge is 0.495 e. The number of ether oxygens (including phenoxy) is 2. The Morgan fingerprint density at radius 1 is 1.31 bits per heavy atom. The monoisotopic (exact) mass is 421 g/mol. The fourth-order valence-electron chi connectivity index (χ4n) is 2.93. The predicted octanol–water partition coefficient (Wildman–Crippen LogP) is 2.08. The number of rotatable bonds is 5. The summed E-state index contributed by atoms with van der Waals surface area (Å²) in [5, 5.41) is 13.5. The summed E-state index contributed by atoms with van der Waals surface area (Å²) in [5.74, 6) is -0.196. The molecule has 1 aliphatic heterocycles. The summed E-state index contributed by atoms with van der Waals surface area (Å²) < 4.78 is 36.4. The number of non-ortho nitro benzene ring substituents is 1. The molecule has 0 spiro atoms. The molecule has 0 bridgehead atoms. The molecule has 0 fully saturated rings. The first-order chi connectivity index (χ1) is 13.6. The zero-order valence-corrected chi connectivity index (χ0v) is 16.7. The highest BCUT2D eigenvalue weighted by atomic mass is 32.2. The molecule has 2 aromatic carbocycles. The Bertz CT molecular complexity index is 1080. The van der Waals surface area contributed by atoms with E-state index in [9.17, 15) is 23.3 Å². The third kappa shape index (κ3) is 4.24. The number of nitrogens with zero attached hydrogens (tertiary/aromatic N) is 2. The molecule has 0 aromatic heterocycles. The molecular formula is C18H19N3O7S. The lowest BCUT2D eigenvalue weighted by atomic mass is 10.1. The van der Waals surface area contributed by atoms with E-state index in [1.807, 2.05) is 6.92 Å². The van der Waals surface area contributed by atoms with Crippen LogP contribution in [0, 0.1) is 17.0 Å². The van der Waals surface area contributed by atoms with Crippen molar-refractivity contribution < 1.29 is 27.6 Å². The van der Waals surface area contributed by atoms with Crippen LogP contribution in [0.3, 0.4) is 0 Å². The zero-order chi connectivity index (χ0) is 21.3. The predicted molar refractivity (Wildman–Crippen MR) is 106 cm³/mol. The lowest BCUT2D eigenvalue weighted by Crippen LogP contribution is -2.48. The molecule has 0 radical (unpaired) electrons. The van der Waals surface area contributed by atoms with Gasteiger partial charge in [-0.1, -0.05) is 6.07 Å². The Morgan fingerprint density at radius 2 is 2.03 bits per heavy atom.